The summed E-state index contributed by atoms with van der Waals surface area (Å²) >= 11 is 0. The second kappa shape index (κ2) is 2.67. The lowest BCUT2D eigenvalue weighted by Crippen LogP contribution is -2.47. The lowest BCUT2D eigenvalue weighted by atomic mass is 9.88. The Morgan fingerprint density at radius 1 is 1.67 bits per heavy atom. The summed E-state index contributed by atoms with van der Waals surface area (Å²) in [7, 11) is 2.11. The highest BCUT2D eigenvalue weighted by Crippen LogP contribution is 2.20. The minimum absolute atomic E-state index is 0.346. The number of hydrogen-bond donors (Lipinski definition) is 1. The molecular formula is C7H15NO. The molecule has 1 atom stereocenters. The maximum absolute atomic E-state index is 8.74. The molecule has 0 aromatic carbocycles. The van der Waals surface area contributed by atoms with Crippen LogP contribution in [-0.4, -0.2) is 36.8 Å². The average molecular weight is 129 g/mol. The van der Waals surface area contributed by atoms with Crippen LogP contribution in [0.1, 0.15) is 6.92 Å². The van der Waals surface area contributed by atoms with Crippen LogP contribution < -0.4 is 0 Å². The Hall–Kier alpha value is -0.0800. The molecule has 54 valence electrons. The SMILES string of the molecule is CC(CO)C1CN(C)C1. The molecule has 1 fully saturated rings. The Labute approximate surface area is 56.5 Å². The maximum atomic E-state index is 8.74. The minimum atomic E-state index is 0.346. The van der Waals surface area contributed by atoms with Crippen molar-refractivity contribution in [2.24, 2.45) is 11.8 Å². The van der Waals surface area contributed by atoms with Crippen LogP contribution in [0.2, 0.25) is 0 Å². The Bertz CT molecular complexity index is 88.9. The molecule has 0 aromatic rings. The molecule has 1 N–H and O–H groups in total. The van der Waals surface area contributed by atoms with Gasteiger partial charge in [-0.05, 0) is 18.9 Å². The Kier molecular flexibility index (Phi) is 2.09. The van der Waals surface area contributed by atoms with Crippen LogP contribution in [0.25, 0.3) is 0 Å². The third-order valence-corrected chi connectivity index (χ3v) is 2.19. The van der Waals surface area contributed by atoms with Crippen molar-refractivity contribution < 1.29 is 5.11 Å². The van der Waals surface area contributed by atoms with E-state index in [1.807, 2.05) is 0 Å². The Morgan fingerprint density at radius 2 is 2.22 bits per heavy atom. The fourth-order valence-corrected chi connectivity index (χ4v) is 1.26. The van der Waals surface area contributed by atoms with Gasteiger partial charge in [-0.25, -0.2) is 0 Å². The molecule has 0 bridgehead atoms. The second-order valence-electron chi connectivity index (χ2n) is 3.14. The smallest absolute Gasteiger partial charge is 0.0460 e. The van der Waals surface area contributed by atoms with Crippen molar-refractivity contribution in [1.29, 1.82) is 0 Å². The predicted molar refractivity (Wildman–Crippen MR) is 37.2 cm³/mol. The van der Waals surface area contributed by atoms with Crippen LogP contribution in [0.4, 0.5) is 0 Å². The summed E-state index contributed by atoms with van der Waals surface area (Å²) in [6, 6.07) is 0. The van der Waals surface area contributed by atoms with Gasteiger partial charge in [0.05, 0.1) is 0 Å². The van der Waals surface area contributed by atoms with E-state index < -0.39 is 0 Å². The topological polar surface area (TPSA) is 23.5 Å². The van der Waals surface area contributed by atoms with Gasteiger partial charge in [0, 0.05) is 19.7 Å². The minimum Gasteiger partial charge on any atom is -0.396 e. The van der Waals surface area contributed by atoms with Gasteiger partial charge in [0.2, 0.25) is 0 Å². The summed E-state index contributed by atoms with van der Waals surface area (Å²) in [5, 5.41) is 8.74. The normalized spacial score (nSPS) is 25.7. The number of aliphatic hydroxyl groups is 1. The zero-order valence-corrected chi connectivity index (χ0v) is 6.17. The predicted octanol–water partition coefficient (Wildman–Crippen LogP) is 0.176. The fourth-order valence-electron chi connectivity index (χ4n) is 1.26. The van der Waals surface area contributed by atoms with Crippen LogP contribution in [0.15, 0.2) is 0 Å². The van der Waals surface area contributed by atoms with Gasteiger partial charge in [-0.1, -0.05) is 6.92 Å². The second-order valence-corrected chi connectivity index (χ2v) is 3.14. The lowest BCUT2D eigenvalue weighted by molar-refractivity contribution is 0.0603. The molecule has 1 aliphatic heterocycles. The van der Waals surface area contributed by atoms with E-state index in [4.69, 9.17) is 5.11 Å². The van der Waals surface area contributed by atoms with Crippen LogP contribution >= 0.6 is 0 Å². The van der Waals surface area contributed by atoms with E-state index in [1.54, 1.807) is 0 Å². The summed E-state index contributed by atoms with van der Waals surface area (Å²) in [6.07, 6.45) is 0. The van der Waals surface area contributed by atoms with Crippen molar-refractivity contribution in [2.75, 3.05) is 26.7 Å². The Morgan fingerprint density at radius 3 is 2.56 bits per heavy atom. The molecule has 0 saturated carbocycles. The molecule has 0 amide bonds. The van der Waals surface area contributed by atoms with Crippen molar-refractivity contribution >= 4 is 0 Å². The van der Waals surface area contributed by atoms with Crippen molar-refractivity contribution in [3.8, 4) is 0 Å². The molecule has 9 heavy (non-hydrogen) atoms. The third kappa shape index (κ3) is 1.43. The van der Waals surface area contributed by atoms with E-state index in [0.29, 0.717) is 12.5 Å². The molecule has 1 heterocycles. The van der Waals surface area contributed by atoms with E-state index in [-0.39, 0.29) is 0 Å². The van der Waals surface area contributed by atoms with Gasteiger partial charge >= 0.3 is 0 Å². The molecule has 2 heteroatoms. The molecule has 1 unspecified atom stereocenters. The summed E-state index contributed by atoms with van der Waals surface area (Å²) in [5.41, 5.74) is 0. The van der Waals surface area contributed by atoms with E-state index in [2.05, 4.69) is 18.9 Å². The molecule has 1 aliphatic rings. The summed E-state index contributed by atoms with van der Waals surface area (Å²) in [4.78, 5) is 2.27. The van der Waals surface area contributed by atoms with E-state index in [1.165, 1.54) is 13.1 Å². The number of likely N-dealkylation sites (tertiary alicyclic amines) is 1. The Balaban J connectivity index is 2.15. The standard InChI is InChI=1S/C7H15NO/c1-6(5-9)7-3-8(2)4-7/h6-7,9H,3-5H2,1-2H3. The van der Waals surface area contributed by atoms with E-state index >= 15 is 0 Å². The molecule has 0 aliphatic carbocycles. The van der Waals surface area contributed by atoms with Gasteiger partial charge in [-0.15, -0.1) is 0 Å². The molecule has 0 aromatic heterocycles. The van der Waals surface area contributed by atoms with Crippen molar-refractivity contribution in [3.63, 3.8) is 0 Å². The van der Waals surface area contributed by atoms with Gasteiger partial charge < -0.3 is 10.0 Å². The van der Waals surface area contributed by atoms with Gasteiger partial charge in [0.25, 0.3) is 0 Å². The monoisotopic (exact) mass is 129 g/mol. The number of rotatable bonds is 2. The first kappa shape index (κ1) is 7.03. The molecule has 1 rings (SSSR count). The van der Waals surface area contributed by atoms with Crippen LogP contribution in [0.3, 0.4) is 0 Å². The first-order valence-corrected chi connectivity index (χ1v) is 3.53. The van der Waals surface area contributed by atoms with Gasteiger partial charge in [-0.3, -0.25) is 0 Å². The molecule has 1 saturated heterocycles. The third-order valence-electron chi connectivity index (χ3n) is 2.19. The summed E-state index contributed by atoms with van der Waals surface area (Å²) in [6.45, 7) is 4.79. The highest BCUT2D eigenvalue weighted by atomic mass is 16.3. The van der Waals surface area contributed by atoms with Crippen molar-refractivity contribution in [3.05, 3.63) is 0 Å². The zero-order valence-electron chi connectivity index (χ0n) is 6.17. The summed E-state index contributed by atoms with van der Waals surface area (Å²) < 4.78 is 0. The molecule has 0 spiro atoms. The maximum Gasteiger partial charge on any atom is 0.0460 e. The number of aliphatic hydroxyl groups excluding tert-OH is 1. The lowest BCUT2D eigenvalue weighted by Gasteiger charge is -2.39. The van der Waals surface area contributed by atoms with Crippen molar-refractivity contribution in [2.45, 2.75) is 6.92 Å². The summed E-state index contributed by atoms with van der Waals surface area (Å²) in [5.74, 6) is 1.25. The van der Waals surface area contributed by atoms with Crippen LogP contribution in [0, 0.1) is 11.8 Å². The van der Waals surface area contributed by atoms with Crippen molar-refractivity contribution in [1.82, 2.24) is 4.90 Å². The highest BCUT2D eigenvalue weighted by Gasteiger charge is 2.27. The first-order valence-electron chi connectivity index (χ1n) is 3.53. The highest BCUT2D eigenvalue weighted by molar-refractivity contribution is 4.80. The van der Waals surface area contributed by atoms with Gasteiger partial charge in [0.1, 0.15) is 0 Å². The van der Waals surface area contributed by atoms with Crippen LogP contribution in [0.5, 0.6) is 0 Å². The number of nitrogens with zero attached hydrogens (tertiary/aromatic N) is 1. The average Bonchev–Trinajstić information content (AvgIpc) is 1.79. The van der Waals surface area contributed by atoms with Crippen LogP contribution in [-0.2, 0) is 0 Å². The quantitative estimate of drug-likeness (QED) is 0.575. The fraction of sp³-hybridized carbons (Fsp3) is 1.00. The molecular weight excluding hydrogens is 114 g/mol. The van der Waals surface area contributed by atoms with E-state index in [9.17, 15) is 0 Å². The van der Waals surface area contributed by atoms with E-state index in [0.717, 1.165) is 5.92 Å². The molecule has 0 radical (unpaired) electrons. The largest absolute Gasteiger partial charge is 0.396 e. The zero-order chi connectivity index (χ0) is 6.85. The van der Waals surface area contributed by atoms with Gasteiger partial charge in [0.15, 0.2) is 0 Å². The van der Waals surface area contributed by atoms with Gasteiger partial charge in [-0.2, -0.15) is 0 Å². The first-order chi connectivity index (χ1) is 4.24. The number of hydrogen-bond acceptors (Lipinski definition) is 2. The molecule has 2 nitrogen and oxygen atoms in total.